The molecule has 1 heterocycles. The Morgan fingerprint density at radius 3 is 1.95 bits per heavy atom. The molecule has 1 aliphatic rings. The summed E-state index contributed by atoms with van der Waals surface area (Å²) >= 11 is 0. The Morgan fingerprint density at radius 1 is 0.789 bits per heavy atom. The van der Waals surface area contributed by atoms with Gasteiger partial charge in [0.1, 0.15) is 0 Å². The van der Waals surface area contributed by atoms with Gasteiger partial charge in [-0.15, -0.1) is 0 Å². The lowest BCUT2D eigenvalue weighted by molar-refractivity contribution is -0.299. The van der Waals surface area contributed by atoms with Gasteiger partial charge in [0.25, 0.3) is 0 Å². The fourth-order valence-corrected chi connectivity index (χ4v) is 2.79. The second-order valence-electron chi connectivity index (χ2n) is 6.48. The van der Waals surface area contributed by atoms with Crippen molar-refractivity contribution in [3.63, 3.8) is 0 Å². The number of hydrogen-bond acceptors (Lipinski definition) is 2. The van der Waals surface area contributed by atoms with E-state index in [4.69, 9.17) is 9.47 Å². The molecule has 0 atom stereocenters. The van der Waals surface area contributed by atoms with Crippen LogP contribution in [-0.4, -0.2) is 19.0 Å². The van der Waals surface area contributed by atoms with Gasteiger partial charge in [-0.1, -0.05) is 52.9 Å². The molecule has 19 heavy (non-hydrogen) atoms. The molecule has 0 aromatic rings. The summed E-state index contributed by atoms with van der Waals surface area (Å²) in [6, 6.07) is 0. The average molecular weight is 270 g/mol. The summed E-state index contributed by atoms with van der Waals surface area (Å²) in [5.74, 6) is -0.321. The lowest BCUT2D eigenvalue weighted by Crippen LogP contribution is -2.47. The van der Waals surface area contributed by atoms with Gasteiger partial charge in [0.15, 0.2) is 5.79 Å². The minimum Gasteiger partial charge on any atom is -0.350 e. The Bertz CT molecular complexity index is 229. The summed E-state index contributed by atoms with van der Waals surface area (Å²) in [6.07, 6.45) is 11.1. The van der Waals surface area contributed by atoms with Gasteiger partial charge in [-0.3, -0.25) is 0 Å². The van der Waals surface area contributed by atoms with Gasteiger partial charge in [0.05, 0.1) is 13.2 Å². The Balaban J connectivity index is 2.36. The topological polar surface area (TPSA) is 18.5 Å². The number of hydrogen-bond donors (Lipinski definition) is 0. The van der Waals surface area contributed by atoms with Crippen LogP contribution >= 0.6 is 0 Å². The van der Waals surface area contributed by atoms with Crippen LogP contribution in [0.4, 0.5) is 0 Å². The molecule has 114 valence electrons. The summed E-state index contributed by atoms with van der Waals surface area (Å²) < 4.78 is 12.3. The van der Waals surface area contributed by atoms with E-state index < -0.39 is 0 Å². The molecule has 0 saturated carbocycles. The molecule has 1 fully saturated rings. The molecule has 0 spiro atoms. The number of ether oxygens (including phenoxy) is 2. The smallest absolute Gasteiger partial charge is 0.165 e. The van der Waals surface area contributed by atoms with Gasteiger partial charge in [0, 0.05) is 11.8 Å². The normalized spacial score (nSPS) is 31.6. The van der Waals surface area contributed by atoms with Crippen LogP contribution in [0.3, 0.4) is 0 Å². The Kier molecular flexibility index (Phi) is 7.38. The molecule has 0 aliphatic carbocycles. The van der Waals surface area contributed by atoms with Crippen LogP contribution in [0.1, 0.15) is 85.5 Å². The van der Waals surface area contributed by atoms with Crippen molar-refractivity contribution in [3.8, 4) is 0 Å². The van der Waals surface area contributed by atoms with Crippen LogP contribution in [0.25, 0.3) is 0 Å². The third kappa shape index (κ3) is 5.43. The highest BCUT2D eigenvalue weighted by Gasteiger charge is 2.40. The first-order valence-corrected chi connectivity index (χ1v) is 8.37. The van der Waals surface area contributed by atoms with E-state index in [1.165, 1.54) is 51.4 Å². The first-order chi connectivity index (χ1) is 9.10. The predicted octanol–water partition coefficient (Wildman–Crippen LogP) is 5.31. The van der Waals surface area contributed by atoms with Crippen molar-refractivity contribution in [2.24, 2.45) is 5.41 Å². The highest BCUT2D eigenvalue weighted by Crippen LogP contribution is 2.38. The van der Waals surface area contributed by atoms with E-state index in [1.807, 2.05) is 0 Å². The monoisotopic (exact) mass is 270 g/mol. The second-order valence-corrected chi connectivity index (χ2v) is 6.48. The highest BCUT2D eigenvalue weighted by molar-refractivity contribution is 4.83. The van der Waals surface area contributed by atoms with Gasteiger partial charge in [-0.2, -0.15) is 0 Å². The number of unbranched alkanes of at least 4 members (excludes halogenated alkanes) is 4. The molecule has 0 aromatic carbocycles. The van der Waals surface area contributed by atoms with Crippen LogP contribution in [-0.2, 0) is 9.47 Å². The van der Waals surface area contributed by atoms with Crippen LogP contribution in [0.2, 0.25) is 0 Å². The van der Waals surface area contributed by atoms with Gasteiger partial charge >= 0.3 is 0 Å². The molecule has 0 N–H and O–H groups in total. The number of rotatable bonds is 9. The first kappa shape index (κ1) is 17.0. The zero-order valence-electron chi connectivity index (χ0n) is 13.6. The fourth-order valence-electron chi connectivity index (χ4n) is 2.79. The molecule has 0 amide bonds. The zero-order chi connectivity index (χ0) is 14.2. The molecule has 1 rings (SSSR count). The predicted molar refractivity (Wildman–Crippen MR) is 81.3 cm³/mol. The minimum atomic E-state index is -0.321. The Morgan fingerprint density at radius 2 is 1.42 bits per heavy atom. The summed E-state index contributed by atoms with van der Waals surface area (Å²) in [4.78, 5) is 0. The first-order valence-electron chi connectivity index (χ1n) is 8.37. The fraction of sp³-hybridized carbons (Fsp3) is 1.00. The van der Waals surface area contributed by atoms with Gasteiger partial charge in [0.2, 0.25) is 0 Å². The zero-order valence-corrected chi connectivity index (χ0v) is 13.6. The van der Waals surface area contributed by atoms with Crippen molar-refractivity contribution >= 4 is 0 Å². The second kappa shape index (κ2) is 8.26. The lowest BCUT2D eigenvalue weighted by Gasteiger charge is -2.45. The molecular formula is C17H34O2. The van der Waals surface area contributed by atoms with Crippen molar-refractivity contribution < 1.29 is 9.47 Å². The van der Waals surface area contributed by atoms with E-state index in [0.717, 1.165) is 19.6 Å². The summed E-state index contributed by atoms with van der Waals surface area (Å²) in [6.45, 7) is 10.7. The molecule has 2 heteroatoms. The average Bonchev–Trinajstić information content (AvgIpc) is 2.44. The van der Waals surface area contributed by atoms with E-state index in [1.54, 1.807) is 0 Å². The largest absolute Gasteiger partial charge is 0.350 e. The maximum atomic E-state index is 6.13. The van der Waals surface area contributed by atoms with Crippen molar-refractivity contribution in [1.82, 2.24) is 0 Å². The molecule has 0 aromatic heterocycles. The molecular weight excluding hydrogens is 236 g/mol. The molecule has 0 radical (unpaired) electrons. The van der Waals surface area contributed by atoms with Gasteiger partial charge in [-0.25, -0.2) is 0 Å². The van der Waals surface area contributed by atoms with Gasteiger partial charge < -0.3 is 9.47 Å². The van der Waals surface area contributed by atoms with Crippen LogP contribution in [0, 0.1) is 5.41 Å². The van der Waals surface area contributed by atoms with Crippen molar-refractivity contribution in [2.45, 2.75) is 91.3 Å². The van der Waals surface area contributed by atoms with Crippen molar-refractivity contribution in [1.29, 1.82) is 0 Å². The third-order valence-corrected chi connectivity index (χ3v) is 4.66. The SMILES string of the molecule is CCCCCCC1(C)OCC(CC)(CCCC)CO1. The summed E-state index contributed by atoms with van der Waals surface area (Å²) in [5, 5.41) is 0. The van der Waals surface area contributed by atoms with Crippen LogP contribution in [0.5, 0.6) is 0 Å². The summed E-state index contributed by atoms with van der Waals surface area (Å²) in [5.41, 5.74) is 0.277. The lowest BCUT2D eigenvalue weighted by atomic mass is 9.81. The van der Waals surface area contributed by atoms with Crippen molar-refractivity contribution in [3.05, 3.63) is 0 Å². The Labute approximate surface area is 120 Å². The quantitative estimate of drug-likeness (QED) is 0.529. The molecule has 1 aliphatic heterocycles. The van der Waals surface area contributed by atoms with Gasteiger partial charge in [-0.05, 0) is 26.2 Å². The van der Waals surface area contributed by atoms with Crippen LogP contribution < -0.4 is 0 Å². The van der Waals surface area contributed by atoms with E-state index in [2.05, 4.69) is 27.7 Å². The van der Waals surface area contributed by atoms with E-state index >= 15 is 0 Å². The third-order valence-electron chi connectivity index (χ3n) is 4.66. The molecule has 2 nitrogen and oxygen atoms in total. The molecule has 0 bridgehead atoms. The molecule has 1 saturated heterocycles. The van der Waals surface area contributed by atoms with Crippen molar-refractivity contribution in [2.75, 3.05) is 13.2 Å². The van der Waals surface area contributed by atoms with Crippen LogP contribution in [0.15, 0.2) is 0 Å². The van der Waals surface area contributed by atoms with E-state index in [9.17, 15) is 0 Å². The Hall–Kier alpha value is -0.0800. The summed E-state index contributed by atoms with van der Waals surface area (Å²) in [7, 11) is 0. The standard InChI is InChI=1S/C17H34O2/c1-5-8-10-11-12-16(4)18-14-17(7-3,15-19-16)13-9-6-2/h5-15H2,1-4H3. The maximum absolute atomic E-state index is 6.13. The molecule has 0 unspecified atom stereocenters. The minimum absolute atomic E-state index is 0.277. The van der Waals surface area contributed by atoms with E-state index in [-0.39, 0.29) is 11.2 Å². The maximum Gasteiger partial charge on any atom is 0.165 e. The van der Waals surface area contributed by atoms with E-state index in [0.29, 0.717) is 0 Å². The highest BCUT2D eigenvalue weighted by atomic mass is 16.7.